The van der Waals surface area contributed by atoms with E-state index in [1.54, 1.807) is 18.5 Å². The van der Waals surface area contributed by atoms with Crippen LogP contribution in [0.5, 0.6) is 0 Å². The molecule has 2 heterocycles. The number of fused-ring (bicyclic) bond motifs is 1. The van der Waals surface area contributed by atoms with Crippen LogP contribution in [-0.4, -0.2) is 26.2 Å². The van der Waals surface area contributed by atoms with Gasteiger partial charge < -0.3 is 14.8 Å². The molecule has 6 rings (SSSR count). The minimum Gasteiger partial charge on any atom is -0.320 e. The molecular weight excluding hydrogens is 529 g/mol. The van der Waals surface area contributed by atoms with Gasteiger partial charge in [-0.1, -0.05) is 12.1 Å². The molecule has 3 aromatic rings. The van der Waals surface area contributed by atoms with Crippen LogP contribution in [0.3, 0.4) is 0 Å². The second kappa shape index (κ2) is 10.3. The number of nitrogens with one attached hydrogen (secondary N) is 1. The van der Waals surface area contributed by atoms with Crippen LogP contribution in [0.25, 0.3) is 0 Å². The predicted molar refractivity (Wildman–Crippen MR) is 147 cm³/mol. The topological polar surface area (TPSA) is 86.8 Å². The summed E-state index contributed by atoms with van der Waals surface area (Å²) in [6.45, 7) is 2.22. The first-order valence-corrected chi connectivity index (χ1v) is 14.2. The van der Waals surface area contributed by atoms with Gasteiger partial charge in [0.1, 0.15) is 12.2 Å². The van der Waals surface area contributed by atoms with Crippen molar-refractivity contribution < 1.29 is 18.0 Å². The highest BCUT2D eigenvalue weighted by Gasteiger charge is 2.42. The fourth-order valence-electron chi connectivity index (χ4n) is 6.68. The van der Waals surface area contributed by atoms with Gasteiger partial charge in [0.15, 0.2) is 0 Å². The van der Waals surface area contributed by atoms with Crippen molar-refractivity contribution in [3.8, 4) is 6.07 Å². The molecule has 7 nitrogen and oxygen atoms in total. The van der Waals surface area contributed by atoms with E-state index >= 15 is 0 Å². The highest BCUT2D eigenvalue weighted by Crippen LogP contribution is 2.48. The molecule has 0 bridgehead atoms. The van der Waals surface area contributed by atoms with Crippen molar-refractivity contribution in [2.75, 3.05) is 4.90 Å². The number of hydrogen-bond donors (Lipinski definition) is 1. The highest BCUT2D eigenvalue weighted by atomic mass is 19.4. The Hall–Kier alpha value is -3.71. The number of rotatable bonds is 8. The number of alkyl halides is 3. The monoisotopic (exact) mass is 562 g/mol. The second-order valence-electron chi connectivity index (χ2n) is 12.2. The molecule has 3 aliphatic rings. The first kappa shape index (κ1) is 27.5. The number of aryl methyl sites for hydroxylation is 1. The molecule has 1 amide bonds. The number of nitrogens with zero attached hydrogens (tertiary/aromatic N) is 5. The minimum absolute atomic E-state index is 0.0229. The fourth-order valence-corrected chi connectivity index (χ4v) is 6.68. The van der Waals surface area contributed by atoms with Gasteiger partial charge in [-0.05, 0) is 91.8 Å². The minimum atomic E-state index is -4.57. The van der Waals surface area contributed by atoms with E-state index in [2.05, 4.69) is 28.5 Å². The van der Waals surface area contributed by atoms with Crippen molar-refractivity contribution in [3.63, 3.8) is 0 Å². The molecule has 2 aliphatic carbocycles. The van der Waals surface area contributed by atoms with Crippen molar-refractivity contribution in [2.45, 2.75) is 76.2 Å². The molecule has 1 N–H and O–H groups in total. The third kappa shape index (κ3) is 5.12. The van der Waals surface area contributed by atoms with E-state index in [0.717, 1.165) is 43.5 Å². The number of benzene rings is 2. The van der Waals surface area contributed by atoms with Crippen LogP contribution in [0.15, 0.2) is 42.7 Å². The molecule has 10 heteroatoms. The van der Waals surface area contributed by atoms with Gasteiger partial charge in [-0.2, -0.15) is 18.4 Å². The molecule has 2 saturated carbocycles. The van der Waals surface area contributed by atoms with Crippen molar-refractivity contribution in [1.29, 1.82) is 5.26 Å². The van der Waals surface area contributed by atoms with Gasteiger partial charge in [-0.15, -0.1) is 10.2 Å². The lowest BCUT2D eigenvalue weighted by Crippen LogP contribution is -2.47. The van der Waals surface area contributed by atoms with Crippen molar-refractivity contribution >= 4 is 11.6 Å². The molecule has 2 fully saturated rings. The van der Waals surface area contributed by atoms with Crippen LogP contribution in [0.1, 0.15) is 89.8 Å². The lowest BCUT2D eigenvalue weighted by atomic mass is 9.65. The summed E-state index contributed by atoms with van der Waals surface area (Å²) in [6.07, 6.45) is 2.44. The molecular formula is C31H33F3N6O. The lowest BCUT2D eigenvalue weighted by Gasteiger charge is -2.39. The number of anilines is 1. The maximum atomic E-state index is 14.2. The first-order chi connectivity index (χ1) is 19.6. The maximum Gasteiger partial charge on any atom is 0.416 e. The number of carbonyl (C=O) groups is 1. The average Bonchev–Trinajstić information content (AvgIpc) is 3.47. The van der Waals surface area contributed by atoms with Gasteiger partial charge in [-0.3, -0.25) is 4.79 Å². The molecule has 41 heavy (non-hydrogen) atoms. The number of hydrogen-bond acceptors (Lipinski definition) is 5. The molecule has 1 unspecified atom stereocenters. The average molecular weight is 563 g/mol. The Labute approximate surface area is 237 Å². The van der Waals surface area contributed by atoms with Crippen molar-refractivity contribution in [3.05, 3.63) is 76.4 Å². The van der Waals surface area contributed by atoms with Crippen LogP contribution < -0.4 is 10.2 Å². The first-order valence-electron chi connectivity index (χ1n) is 14.2. The molecule has 0 radical (unpaired) electrons. The standard InChI is InChI=1S/C31H33F3N6O/c1-30(8-4-9-30)36-16-20-13-24-25(26(14-20)31(32,33)34)17-40(29(24)41)23-6-3-5-21(15-23)27(28-38-37-18-39(28)2)22-11-19(12-22)7-10-35/h3,5-6,13-15,18-19,22,27,36H,4,7-9,11-12,16-17H2,1-2H3. The Morgan fingerprint density at radius 3 is 2.63 bits per heavy atom. The quantitative estimate of drug-likeness (QED) is 0.359. The van der Waals surface area contributed by atoms with E-state index in [-0.39, 0.29) is 41.6 Å². The van der Waals surface area contributed by atoms with E-state index in [9.17, 15) is 18.0 Å². The van der Waals surface area contributed by atoms with Gasteiger partial charge in [0, 0.05) is 42.7 Å². The van der Waals surface area contributed by atoms with E-state index in [0.29, 0.717) is 23.6 Å². The Balaban J connectivity index is 1.31. The van der Waals surface area contributed by atoms with E-state index < -0.39 is 17.6 Å². The summed E-state index contributed by atoms with van der Waals surface area (Å²) in [5, 5.41) is 20.9. The number of halogens is 3. The lowest BCUT2D eigenvalue weighted by molar-refractivity contribution is -0.138. The van der Waals surface area contributed by atoms with E-state index in [1.165, 1.54) is 11.0 Å². The fraction of sp³-hybridized carbons (Fsp3) is 0.484. The van der Waals surface area contributed by atoms with Crippen LogP contribution in [0, 0.1) is 23.2 Å². The predicted octanol–water partition coefficient (Wildman–Crippen LogP) is 6.10. The molecule has 214 valence electrons. The van der Waals surface area contributed by atoms with Crippen LogP contribution >= 0.6 is 0 Å². The Morgan fingerprint density at radius 2 is 2.00 bits per heavy atom. The SMILES string of the molecule is Cn1cnnc1C(c1cccc(N2Cc3c(cc(CNC4(C)CCC4)cc3C(F)(F)F)C2=O)c1)C1CC(CC#N)C1. The zero-order chi connectivity index (χ0) is 28.9. The van der Waals surface area contributed by atoms with Gasteiger partial charge >= 0.3 is 6.18 Å². The maximum absolute atomic E-state index is 14.2. The summed E-state index contributed by atoms with van der Waals surface area (Å²) in [6, 6.07) is 12.6. The van der Waals surface area contributed by atoms with Crippen LogP contribution in [-0.2, 0) is 26.3 Å². The van der Waals surface area contributed by atoms with Crippen molar-refractivity contribution in [2.24, 2.45) is 18.9 Å². The summed E-state index contributed by atoms with van der Waals surface area (Å²) in [4.78, 5) is 15.1. The summed E-state index contributed by atoms with van der Waals surface area (Å²) in [5.74, 6) is 0.855. The molecule has 1 aromatic heterocycles. The zero-order valence-electron chi connectivity index (χ0n) is 23.2. The summed E-state index contributed by atoms with van der Waals surface area (Å²) < 4.78 is 44.6. The Bertz CT molecular complexity index is 1510. The van der Waals surface area contributed by atoms with E-state index in [1.807, 2.05) is 29.8 Å². The van der Waals surface area contributed by atoms with E-state index in [4.69, 9.17) is 5.26 Å². The number of aromatic nitrogens is 3. The van der Waals surface area contributed by atoms with Gasteiger partial charge in [0.25, 0.3) is 5.91 Å². The zero-order valence-corrected chi connectivity index (χ0v) is 23.2. The summed E-state index contributed by atoms with van der Waals surface area (Å²) in [5.41, 5.74) is 1.27. The largest absolute Gasteiger partial charge is 0.416 e. The molecule has 1 aliphatic heterocycles. The molecule has 0 spiro atoms. The highest BCUT2D eigenvalue weighted by molar-refractivity contribution is 6.10. The number of amides is 1. The Kier molecular flexibility index (Phi) is 6.89. The molecule has 0 saturated heterocycles. The second-order valence-corrected chi connectivity index (χ2v) is 12.2. The molecule has 2 aromatic carbocycles. The van der Waals surface area contributed by atoms with Crippen molar-refractivity contribution in [1.82, 2.24) is 20.1 Å². The smallest absolute Gasteiger partial charge is 0.320 e. The summed E-state index contributed by atoms with van der Waals surface area (Å²) in [7, 11) is 1.88. The number of nitriles is 1. The van der Waals surface area contributed by atoms with Crippen LogP contribution in [0.2, 0.25) is 0 Å². The summed E-state index contributed by atoms with van der Waals surface area (Å²) >= 11 is 0. The number of carbonyl (C=O) groups excluding carboxylic acids is 1. The molecule has 1 atom stereocenters. The Morgan fingerprint density at radius 1 is 1.22 bits per heavy atom. The van der Waals surface area contributed by atoms with Gasteiger partial charge in [-0.25, -0.2) is 0 Å². The van der Waals surface area contributed by atoms with Gasteiger partial charge in [0.2, 0.25) is 0 Å². The van der Waals surface area contributed by atoms with Gasteiger partial charge in [0.05, 0.1) is 18.2 Å². The van der Waals surface area contributed by atoms with Crippen LogP contribution in [0.4, 0.5) is 18.9 Å². The normalized spacial score (nSPS) is 22.0. The third-order valence-electron chi connectivity index (χ3n) is 9.27. The third-order valence-corrected chi connectivity index (χ3v) is 9.27.